The average Bonchev–Trinajstić information content (AvgIpc) is 2.30. The number of hydrogen-bond acceptors (Lipinski definition) is 2. The lowest BCUT2D eigenvalue weighted by Gasteiger charge is -2.18. The summed E-state index contributed by atoms with van der Waals surface area (Å²) >= 11 is 0. The highest BCUT2D eigenvalue weighted by Gasteiger charge is 2.30. The Bertz CT molecular complexity index is 456. The molecule has 0 spiro atoms. The lowest BCUT2D eigenvalue weighted by Crippen LogP contribution is -1.93. The lowest BCUT2D eigenvalue weighted by molar-refractivity contribution is 0.427. The molecule has 1 heterocycles. The van der Waals surface area contributed by atoms with Crippen molar-refractivity contribution in [2.75, 3.05) is 0 Å². The lowest BCUT2D eigenvalue weighted by atomic mass is 9.83. The van der Waals surface area contributed by atoms with Crippen molar-refractivity contribution in [1.29, 1.82) is 0 Å². The molecule has 1 aliphatic rings. The number of hydrogen-bond donors (Lipinski definition) is 3. The summed E-state index contributed by atoms with van der Waals surface area (Å²) in [6, 6.07) is 7.66. The molecule has 1 aromatic carbocycles. The number of fused-ring (bicyclic) bond motifs is 4. The number of aromatic hydroxyl groups is 2. The second-order valence-electron chi connectivity index (χ2n) is 3.12. The maximum absolute atomic E-state index is 9.40. The van der Waals surface area contributed by atoms with Gasteiger partial charge in [-0.15, -0.1) is 0 Å². The van der Waals surface area contributed by atoms with Crippen LogP contribution in [-0.2, 0) is 0 Å². The fraction of sp³-hybridized carbons (Fsp3) is 0. The van der Waals surface area contributed by atoms with E-state index in [9.17, 15) is 10.2 Å². The summed E-state index contributed by atoms with van der Waals surface area (Å²) in [4.78, 5) is 2.50. The molecule has 3 N–H and O–H groups in total. The van der Waals surface area contributed by atoms with Crippen molar-refractivity contribution in [3.63, 3.8) is 0 Å². The third-order valence-electron chi connectivity index (χ3n) is 2.43. The molecular formula is C10H7NO2. The van der Waals surface area contributed by atoms with Crippen molar-refractivity contribution in [2.45, 2.75) is 0 Å². The zero-order valence-electron chi connectivity index (χ0n) is 6.70. The van der Waals surface area contributed by atoms with Gasteiger partial charge in [0, 0.05) is 0 Å². The zero-order chi connectivity index (χ0) is 9.00. The fourth-order valence-electron chi connectivity index (χ4n) is 1.86. The first-order valence-electron chi connectivity index (χ1n) is 4.02. The van der Waals surface area contributed by atoms with Crippen LogP contribution in [0.3, 0.4) is 0 Å². The van der Waals surface area contributed by atoms with Crippen molar-refractivity contribution >= 4 is 0 Å². The third-order valence-corrected chi connectivity index (χ3v) is 2.43. The monoisotopic (exact) mass is 173 g/mol. The molecule has 1 aromatic heterocycles. The first kappa shape index (κ1) is 6.60. The summed E-state index contributed by atoms with van der Waals surface area (Å²) in [7, 11) is 0. The van der Waals surface area contributed by atoms with Gasteiger partial charge < -0.3 is 10.2 Å². The molecular weight excluding hydrogens is 166 g/mol. The van der Waals surface area contributed by atoms with E-state index in [1.807, 2.05) is 24.3 Å². The Hall–Kier alpha value is -1.90. The van der Waals surface area contributed by atoms with Gasteiger partial charge in [0.2, 0.25) is 0 Å². The SMILES string of the molecule is Oc1[nH]c(O)c2c1-c1ccccc1-2. The minimum Gasteiger partial charge on any atom is -0.494 e. The normalized spacial score (nSPS) is 11.7. The van der Waals surface area contributed by atoms with Crippen molar-refractivity contribution < 1.29 is 10.2 Å². The van der Waals surface area contributed by atoms with Gasteiger partial charge >= 0.3 is 0 Å². The Morgan fingerprint density at radius 3 is 1.77 bits per heavy atom. The predicted molar refractivity (Wildman–Crippen MR) is 48.6 cm³/mol. The Balaban J connectivity index is 2.37. The number of aromatic amines is 1. The van der Waals surface area contributed by atoms with E-state index in [0.717, 1.165) is 22.3 Å². The summed E-state index contributed by atoms with van der Waals surface area (Å²) in [5.74, 6) is 0.0948. The predicted octanol–water partition coefficient (Wildman–Crippen LogP) is 2.07. The molecule has 3 nitrogen and oxygen atoms in total. The maximum Gasteiger partial charge on any atom is 0.199 e. The molecule has 0 bridgehead atoms. The standard InChI is InChI=1S/C10H7NO2/c12-9-7-5-3-1-2-4-6(5)8(7)10(13)11-9/h1-4,11-13H. The van der Waals surface area contributed by atoms with Crippen LogP contribution in [-0.4, -0.2) is 15.2 Å². The van der Waals surface area contributed by atoms with Crippen LogP contribution in [0.1, 0.15) is 0 Å². The summed E-state index contributed by atoms with van der Waals surface area (Å²) in [5, 5.41) is 18.8. The van der Waals surface area contributed by atoms with E-state index in [4.69, 9.17) is 0 Å². The second kappa shape index (κ2) is 1.88. The van der Waals surface area contributed by atoms with Crippen molar-refractivity contribution in [3.8, 4) is 34.0 Å². The maximum atomic E-state index is 9.40. The van der Waals surface area contributed by atoms with Gasteiger partial charge in [-0.05, 0) is 11.1 Å². The van der Waals surface area contributed by atoms with E-state index in [1.54, 1.807) is 0 Å². The summed E-state index contributed by atoms with van der Waals surface area (Å²) in [6.45, 7) is 0. The Morgan fingerprint density at radius 2 is 1.31 bits per heavy atom. The fourth-order valence-corrected chi connectivity index (χ4v) is 1.86. The number of nitrogens with one attached hydrogen (secondary N) is 1. The molecule has 3 heteroatoms. The molecule has 0 unspecified atom stereocenters. The van der Waals surface area contributed by atoms with Gasteiger partial charge in [0.15, 0.2) is 11.8 Å². The topological polar surface area (TPSA) is 56.2 Å². The third kappa shape index (κ3) is 0.605. The molecule has 0 atom stereocenters. The Kier molecular flexibility index (Phi) is 0.953. The molecule has 0 aliphatic heterocycles. The van der Waals surface area contributed by atoms with Crippen molar-refractivity contribution in [1.82, 2.24) is 4.98 Å². The van der Waals surface area contributed by atoms with E-state index >= 15 is 0 Å². The largest absolute Gasteiger partial charge is 0.494 e. The van der Waals surface area contributed by atoms with Crippen LogP contribution in [0.4, 0.5) is 0 Å². The van der Waals surface area contributed by atoms with Gasteiger partial charge in [0.25, 0.3) is 0 Å². The molecule has 0 amide bonds. The van der Waals surface area contributed by atoms with Crippen LogP contribution in [0.2, 0.25) is 0 Å². The van der Waals surface area contributed by atoms with Crippen LogP contribution < -0.4 is 0 Å². The first-order valence-corrected chi connectivity index (χ1v) is 4.02. The van der Waals surface area contributed by atoms with Gasteiger partial charge in [-0.25, -0.2) is 0 Å². The molecule has 0 fully saturated rings. The van der Waals surface area contributed by atoms with Gasteiger partial charge in [0.1, 0.15) is 0 Å². The quantitative estimate of drug-likeness (QED) is 0.487. The smallest absolute Gasteiger partial charge is 0.199 e. The molecule has 0 saturated carbocycles. The van der Waals surface area contributed by atoms with E-state index < -0.39 is 0 Å². The summed E-state index contributed by atoms with van der Waals surface area (Å²) in [6.07, 6.45) is 0. The van der Waals surface area contributed by atoms with Gasteiger partial charge in [0.05, 0.1) is 11.1 Å². The van der Waals surface area contributed by atoms with Crippen LogP contribution in [0.25, 0.3) is 22.3 Å². The molecule has 64 valence electrons. The highest BCUT2D eigenvalue weighted by atomic mass is 16.3. The molecule has 2 aromatic rings. The van der Waals surface area contributed by atoms with Crippen LogP contribution in [0, 0.1) is 0 Å². The highest BCUT2D eigenvalue weighted by molar-refractivity contribution is 6.07. The Labute approximate surface area is 74.3 Å². The van der Waals surface area contributed by atoms with Gasteiger partial charge in [-0.1, -0.05) is 24.3 Å². The Morgan fingerprint density at radius 1 is 0.846 bits per heavy atom. The van der Waals surface area contributed by atoms with E-state index in [2.05, 4.69) is 4.98 Å². The zero-order valence-corrected chi connectivity index (χ0v) is 6.70. The van der Waals surface area contributed by atoms with Crippen LogP contribution in [0.15, 0.2) is 24.3 Å². The molecule has 3 rings (SSSR count). The molecule has 13 heavy (non-hydrogen) atoms. The molecule has 0 saturated heterocycles. The van der Waals surface area contributed by atoms with Gasteiger partial charge in [-0.2, -0.15) is 0 Å². The van der Waals surface area contributed by atoms with Crippen LogP contribution >= 0.6 is 0 Å². The van der Waals surface area contributed by atoms with Crippen LogP contribution in [0.5, 0.6) is 11.8 Å². The first-order chi connectivity index (χ1) is 6.29. The van der Waals surface area contributed by atoms with Crippen molar-refractivity contribution in [2.24, 2.45) is 0 Å². The summed E-state index contributed by atoms with van der Waals surface area (Å²) < 4.78 is 0. The minimum atomic E-state index is 0.0474. The van der Waals surface area contributed by atoms with Gasteiger partial charge in [-0.3, -0.25) is 4.98 Å². The van der Waals surface area contributed by atoms with Crippen molar-refractivity contribution in [3.05, 3.63) is 24.3 Å². The second-order valence-corrected chi connectivity index (χ2v) is 3.12. The molecule has 0 radical (unpaired) electrons. The highest BCUT2D eigenvalue weighted by Crippen LogP contribution is 2.55. The van der Waals surface area contributed by atoms with E-state index in [0.29, 0.717) is 0 Å². The number of H-pyrrole nitrogens is 1. The summed E-state index contributed by atoms with van der Waals surface area (Å²) in [5.41, 5.74) is 3.44. The minimum absolute atomic E-state index is 0.0474. The average molecular weight is 173 g/mol. The number of rotatable bonds is 0. The number of aromatic nitrogens is 1. The van der Waals surface area contributed by atoms with E-state index in [1.165, 1.54) is 0 Å². The number of benzene rings is 1. The molecule has 1 aliphatic carbocycles. The van der Waals surface area contributed by atoms with E-state index in [-0.39, 0.29) is 11.8 Å².